The van der Waals surface area contributed by atoms with Crippen LogP contribution in [0.5, 0.6) is 5.19 Å². The van der Waals surface area contributed by atoms with Gasteiger partial charge in [-0.2, -0.15) is 0 Å². The molecule has 0 fully saturated rings. The molecule has 0 saturated heterocycles. The average molecular weight is 262 g/mol. The van der Waals surface area contributed by atoms with Crippen molar-refractivity contribution in [1.82, 2.24) is 4.98 Å². The third-order valence-corrected chi connectivity index (χ3v) is 2.87. The first-order valence-electron chi connectivity index (χ1n) is 4.89. The Kier molecular flexibility index (Phi) is 3.10. The highest BCUT2D eigenvalue weighted by atomic mass is 32.1. The number of nitrogens with one attached hydrogen (secondary N) is 1. The Labute approximate surface area is 99.2 Å². The van der Waals surface area contributed by atoms with Gasteiger partial charge in [0.2, 0.25) is 0 Å². The predicted octanol–water partition coefficient (Wildman–Crippen LogP) is 3.63. The lowest BCUT2D eigenvalue weighted by atomic mass is 10.3. The molecule has 0 spiro atoms. The molecule has 0 aliphatic carbocycles. The molecule has 0 saturated carbocycles. The Morgan fingerprint density at radius 3 is 2.82 bits per heavy atom. The van der Waals surface area contributed by atoms with Gasteiger partial charge in [0, 0.05) is 6.54 Å². The van der Waals surface area contributed by atoms with Crippen molar-refractivity contribution >= 4 is 27.2 Å². The van der Waals surface area contributed by atoms with E-state index in [-0.39, 0.29) is 0 Å². The van der Waals surface area contributed by atoms with Gasteiger partial charge in [-0.05, 0) is 19.1 Å². The van der Waals surface area contributed by atoms with E-state index in [1.54, 1.807) is 18.2 Å². The lowest BCUT2D eigenvalue weighted by Gasteiger charge is -2.04. The molecule has 92 valence electrons. The van der Waals surface area contributed by atoms with Crippen LogP contribution in [0.3, 0.4) is 0 Å². The van der Waals surface area contributed by atoms with Crippen LogP contribution in [-0.4, -0.2) is 17.9 Å². The maximum absolute atomic E-state index is 12.0. The van der Waals surface area contributed by atoms with Crippen molar-refractivity contribution in [3.8, 4) is 5.19 Å². The second-order valence-corrected chi connectivity index (χ2v) is 4.20. The summed E-state index contributed by atoms with van der Waals surface area (Å²) in [4.78, 5) is 3.83. The van der Waals surface area contributed by atoms with Crippen molar-refractivity contribution in [1.29, 1.82) is 0 Å². The number of aromatic nitrogens is 1. The van der Waals surface area contributed by atoms with E-state index in [0.717, 1.165) is 11.3 Å². The number of benzene rings is 1. The fraction of sp³-hybridized carbons (Fsp3) is 0.300. The van der Waals surface area contributed by atoms with Gasteiger partial charge in [0.25, 0.3) is 5.19 Å². The quantitative estimate of drug-likeness (QED) is 0.917. The highest BCUT2D eigenvalue weighted by Gasteiger charge is 2.32. The average Bonchev–Trinajstić information content (AvgIpc) is 2.58. The number of alkyl halides is 3. The number of anilines is 1. The Hall–Kier alpha value is -1.50. The molecule has 0 unspecified atom stereocenters. The summed E-state index contributed by atoms with van der Waals surface area (Å²) in [7, 11) is 0. The number of fused-ring (bicyclic) bond motifs is 1. The van der Waals surface area contributed by atoms with Crippen LogP contribution in [0.1, 0.15) is 6.92 Å². The SMILES string of the molecule is CCNc1cccc2sc(OC(F)(F)F)nc12. The first kappa shape index (κ1) is 12.0. The van der Waals surface area contributed by atoms with Gasteiger partial charge in [0.1, 0.15) is 5.52 Å². The predicted molar refractivity (Wildman–Crippen MR) is 60.5 cm³/mol. The molecule has 0 aliphatic heterocycles. The molecule has 0 aliphatic rings. The largest absolute Gasteiger partial charge is 0.574 e. The van der Waals surface area contributed by atoms with Gasteiger partial charge in [-0.1, -0.05) is 17.4 Å². The monoisotopic (exact) mass is 262 g/mol. The van der Waals surface area contributed by atoms with Crippen molar-refractivity contribution in [2.75, 3.05) is 11.9 Å². The number of rotatable bonds is 3. The van der Waals surface area contributed by atoms with Crippen molar-refractivity contribution in [2.24, 2.45) is 0 Å². The minimum Gasteiger partial charge on any atom is -0.384 e. The molecule has 3 nitrogen and oxygen atoms in total. The van der Waals surface area contributed by atoms with Crippen LogP contribution in [0.2, 0.25) is 0 Å². The minimum atomic E-state index is -4.70. The van der Waals surface area contributed by atoms with Gasteiger partial charge in [-0.3, -0.25) is 0 Å². The zero-order valence-corrected chi connectivity index (χ0v) is 9.65. The van der Waals surface area contributed by atoms with Crippen LogP contribution >= 0.6 is 11.3 Å². The summed E-state index contributed by atoms with van der Waals surface area (Å²) >= 11 is 0.871. The lowest BCUT2D eigenvalue weighted by molar-refractivity contribution is -0.274. The third kappa shape index (κ3) is 2.79. The lowest BCUT2D eigenvalue weighted by Crippen LogP contribution is -2.16. The Bertz CT molecular complexity index is 524. The Morgan fingerprint density at radius 2 is 2.18 bits per heavy atom. The van der Waals surface area contributed by atoms with E-state index in [0.29, 0.717) is 22.4 Å². The van der Waals surface area contributed by atoms with Crippen molar-refractivity contribution in [3.63, 3.8) is 0 Å². The van der Waals surface area contributed by atoms with E-state index in [4.69, 9.17) is 0 Å². The molecule has 0 atom stereocenters. The molecule has 0 radical (unpaired) electrons. The van der Waals surface area contributed by atoms with E-state index in [1.165, 1.54) is 0 Å². The summed E-state index contributed by atoms with van der Waals surface area (Å²) in [6, 6.07) is 5.23. The molecule has 7 heteroatoms. The van der Waals surface area contributed by atoms with E-state index >= 15 is 0 Å². The Morgan fingerprint density at radius 1 is 1.41 bits per heavy atom. The second kappa shape index (κ2) is 4.40. The number of para-hydroxylation sites is 1. The summed E-state index contributed by atoms with van der Waals surface area (Å²) in [6.07, 6.45) is -4.70. The molecule has 1 aromatic carbocycles. The van der Waals surface area contributed by atoms with Gasteiger partial charge in [0.05, 0.1) is 10.4 Å². The number of nitrogens with zero attached hydrogens (tertiary/aromatic N) is 1. The smallest absolute Gasteiger partial charge is 0.384 e. The van der Waals surface area contributed by atoms with E-state index in [1.807, 2.05) is 6.92 Å². The second-order valence-electron chi connectivity index (χ2n) is 3.21. The van der Waals surface area contributed by atoms with Crippen LogP contribution in [-0.2, 0) is 0 Å². The maximum Gasteiger partial charge on any atom is 0.574 e. The summed E-state index contributed by atoms with van der Waals surface area (Å²) in [5, 5.41) is 2.64. The standard InChI is InChI=1S/C10H9F3N2OS/c1-2-14-6-4-3-5-7-8(6)15-9(17-7)16-10(11,12)13/h3-5,14H,2H2,1H3. The summed E-state index contributed by atoms with van der Waals surface area (Å²) in [5.74, 6) is 0. The zero-order valence-electron chi connectivity index (χ0n) is 8.84. The van der Waals surface area contributed by atoms with Gasteiger partial charge in [-0.15, -0.1) is 13.2 Å². The molecule has 1 N–H and O–H groups in total. The fourth-order valence-electron chi connectivity index (χ4n) is 1.40. The van der Waals surface area contributed by atoms with Crippen molar-refractivity contribution in [3.05, 3.63) is 18.2 Å². The van der Waals surface area contributed by atoms with Crippen molar-refractivity contribution < 1.29 is 17.9 Å². The highest BCUT2D eigenvalue weighted by molar-refractivity contribution is 7.20. The van der Waals surface area contributed by atoms with Gasteiger partial charge in [0.15, 0.2) is 0 Å². The zero-order chi connectivity index (χ0) is 12.5. The van der Waals surface area contributed by atoms with E-state index in [2.05, 4.69) is 15.0 Å². The molecule has 2 rings (SSSR count). The number of hydrogen-bond donors (Lipinski definition) is 1. The first-order valence-corrected chi connectivity index (χ1v) is 5.70. The van der Waals surface area contributed by atoms with Crippen LogP contribution in [0.25, 0.3) is 10.2 Å². The van der Waals surface area contributed by atoms with Crippen LogP contribution in [0.15, 0.2) is 18.2 Å². The Balaban J connectivity index is 2.39. The normalized spacial score (nSPS) is 11.8. The summed E-state index contributed by atoms with van der Waals surface area (Å²) in [5.41, 5.74) is 1.21. The topological polar surface area (TPSA) is 34.1 Å². The first-order chi connectivity index (χ1) is 7.99. The van der Waals surface area contributed by atoms with E-state index < -0.39 is 11.6 Å². The molecule has 0 bridgehead atoms. The molecule has 1 aromatic heterocycles. The molecular formula is C10H9F3N2OS. The minimum absolute atomic E-state index is 0.391. The number of ether oxygens (including phenoxy) is 1. The number of hydrogen-bond acceptors (Lipinski definition) is 4. The van der Waals surface area contributed by atoms with E-state index in [9.17, 15) is 13.2 Å². The maximum atomic E-state index is 12.0. The summed E-state index contributed by atoms with van der Waals surface area (Å²) in [6.45, 7) is 2.57. The number of halogens is 3. The third-order valence-electron chi connectivity index (χ3n) is 1.97. The fourth-order valence-corrected chi connectivity index (χ4v) is 2.26. The van der Waals surface area contributed by atoms with Gasteiger partial charge < -0.3 is 10.1 Å². The molecule has 17 heavy (non-hydrogen) atoms. The number of thiazole rings is 1. The van der Waals surface area contributed by atoms with Crippen molar-refractivity contribution in [2.45, 2.75) is 13.3 Å². The molecular weight excluding hydrogens is 253 g/mol. The van der Waals surface area contributed by atoms with Gasteiger partial charge in [-0.25, -0.2) is 4.98 Å². The summed E-state index contributed by atoms with van der Waals surface area (Å²) < 4.78 is 40.6. The van der Waals surface area contributed by atoms with Crippen LogP contribution in [0, 0.1) is 0 Å². The van der Waals surface area contributed by atoms with Crippen LogP contribution in [0.4, 0.5) is 18.9 Å². The van der Waals surface area contributed by atoms with Gasteiger partial charge >= 0.3 is 6.36 Å². The highest BCUT2D eigenvalue weighted by Crippen LogP contribution is 2.34. The molecule has 1 heterocycles. The molecule has 2 aromatic rings. The van der Waals surface area contributed by atoms with Crippen LogP contribution < -0.4 is 10.1 Å². The molecule has 0 amide bonds.